The van der Waals surface area contributed by atoms with E-state index in [-0.39, 0.29) is 113 Å². The fraction of sp³-hybridized carbons (Fsp3) is 0.473. The Morgan fingerprint density at radius 3 is 1.17 bits per heavy atom. The van der Waals surface area contributed by atoms with E-state index in [1.807, 2.05) is 26.8 Å². The highest BCUT2D eigenvalue weighted by atomic mass is 16.4. The van der Waals surface area contributed by atoms with Gasteiger partial charge in [0.05, 0.1) is 16.7 Å². The Morgan fingerprint density at radius 1 is 0.491 bits per heavy atom. The smallest absolute Gasteiger partial charge is 0.203 e. The number of phenolic OH excluding ortho intramolecular Hbond substituents is 3. The first kappa shape index (κ1) is 84.6. The number of aromatic hydroxyl groups is 3. The Balaban J connectivity index is 0.000000169. The molecule has 10 aliphatic rings. The van der Waals surface area contributed by atoms with Crippen molar-refractivity contribution >= 4 is 80.5 Å². The van der Waals surface area contributed by atoms with E-state index in [9.17, 15) is 104 Å². The van der Waals surface area contributed by atoms with E-state index >= 15 is 0 Å². The highest BCUT2D eigenvalue weighted by Gasteiger charge is 2.76. The van der Waals surface area contributed by atoms with Crippen LogP contribution in [0.4, 0.5) is 0 Å². The number of hydrogen-bond donors (Lipinski definition) is 12. The van der Waals surface area contributed by atoms with E-state index in [1.54, 1.807) is 88.3 Å². The number of carbonyl (C=O) groups is 9. The molecule has 0 heterocycles. The molecule has 3 unspecified atom stereocenters. The van der Waals surface area contributed by atoms with Gasteiger partial charge in [-0.05, 0) is 171 Å². The highest BCUT2D eigenvalue weighted by molar-refractivity contribution is 6.27. The summed E-state index contributed by atoms with van der Waals surface area (Å²) in [6.07, 6.45) is 14.6. The third-order valence-corrected chi connectivity index (χ3v) is 27.4. The van der Waals surface area contributed by atoms with Crippen molar-refractivity contribution in [2.24, 2.45) is 73.9 Å². The quantitative estimate of drug-likeness (QED) is 0.0429. The molecule has 12 N–H and O–H groups in total. The SMILES string of the molecule is C#Cc1ccc(O)c2c1C[C@]1(C)C[C@]3(C)C(C(C)C)C(=O)C(C(C)=O)=C(O)[C@]3(O)C(=O)C1=C2O.C=C(C(=C)C(C)C)c1ccc(O)c2c1C[C@]1(C)C[C@]3(C)C(C(C)C)C(=O)C(C(C)=O)=C(O)[C@]3(O)C(=O)C1=C2O.CCCCC1=CC=C(c2ccc(O)c3c2C[C@]2(C)C[C@]4(C)C(C(C)C)C(=O)C(C(C)=O)=C(O)[C@]4(O)C(=O)C2=C3O)C1. The number of hydrogen-bond acceptors (Lipinski definition) is 21. The first-order valence-corrected chi connectivity index (χ1v) is 39.1. The number of ketones is 9. The zero-order chi connectivity index (χ0) is 85.3. The van der Waals surface area contributed by atoms with Gasteiger partial charge in [0.15, 0.2) is 51.5 Å². The average Bonchev–Trinajstić information content (AvgIpc) is 0.704. The van der Waals surface area contributed by atoms with E-state index in [0.717, 1.165) is 63.2 Å². The molecule has 21 heteroatoms. The molecule has 21 nitrogen and oxygen atoms in total. The van der Waals surface area contributed by atoms with Crippen molar-refractivity contribution in [1.29, 1.82) is 0 Å². The molecule has 3 aromatic rings. The maximum absolute atomic E-state index is 14.4. The Kier molecular flexibility index (Phi) is 20.8. The third-order valence-electron chi connectivity index (χ3n) is 27.4. The fourth-order valence-corrected chi connectivity index (χ4v) is 22.7. The van der Waals surface area contributed by atoms with E-state index in [4.69, 9.17) is 6.42 Å². The van der Waals surface area contributed by atoms with Crippen molar-refractivity contribution in [3.8, 4) is 29.6 Å². The zero-order valence-corrected chi connectivity index (χ0v) is 68.3. The molecule has 10 aliphatic carbocycles. The number of terminal acetylenes is 1. The van der Waals surface area contributed by atoms with Gasteiger partial charge in [-0.15, -0.1) is 6.42 Å². The van der Waals surface area contributed by atoms with E-state index in [2.05, 4.69) is 38.2 Å². The van der Waals surface area contributed by atoms with Gasteiger partial charge >= 0.3 is 0 Å². The van der Waals surface area contributed by atoms with Crippen LogP contribution in [0, 0.1) is 86.3 Å². The number of Topliss-reactive ketones (excluding diaryl/α,β-unsaturated/α-hetero) is 9. The monoisotopic (exact) mass is 1560 g/mol. The molecule has 3 fully saturated rings. The van der Waals surface area contributed by atoms with Crippen LogP contribution in [-0.2, 0) is 62.4 Å². The van der Waals surface area contributed by atoms with Gasteiger partial charge in [0.25, 0.3) is 0 Å². The second-order valence-electron chi connectivity index (χ2n) is 36.4. The number of benzene rings is 3. The molecule has 0 aromatic heterocycles. The number of carbonyl (C=O) groups excluding carboxylic acids is 9. The largest absolute Gasteiger partial charge is 0.508 e. The van der Waals surface area contributed by atoms with E-state index in [1.165, 1.54) is 23.8 Å². The van der Waals surface area contributed by atoms with E-state index in [0.29, 0.717) is 33.4 Å². The van der Waals surface area contributed by atoms with Crippen LogP contribution in [0.25, 0.3) is 28.4 Å². The summed E-state index contributed by atoms with van der Waals surface area (Å²) >= 11 is 0. The van der Waals surface area contributed by atoms with Crippen molar-refractivity contribution in [3.63, 3.8) is 0 Å². The minimum atomic E-state index is -2.63. The molecule has 0 spiro atoms. The van der Waals surface area contributed by atoms with E-state index < -0.39 is 170 Å². The van der Waals surface area contributed by atoms with Crippen molar-refractivity contribution in [2.45, 2.75) is 206 Å². The normalized spacial score (nSPS) is 31.4. The molecule has 604 valence electrons. The molecule has 0 saturated heterocycles. The predicted molar refractivity (Wildman–Crippen MR) is 429 cm³/mol. The molecular weight excluding hydrogens is 1450 g/mol. The summed E-state index contributed by atoms with van der Waals surface area (Å²) in [5.74, 6) is -13.4. The number of unbranched alkanes of at least 4 members (excludes halogenated alkanes) is 1. The Morgan fingerprint density at radius 2 is 0.825 bits per heavy atom. The second-order valence-corrected chi connectivity index (χ2v) is 36.4. The minimum absolute atomic E-state index is 0.00559. The van der Waals surface area contributed by atoms with Crippen LogP contribution in [0.15, 0.2) is 124 Å². The van der Waals surface area contributed by atoms with Gasteiger partial charge in [0.2, 0.25) is 17.3 Å². The lowest BCUT2D eigenvalue weighted by atomic mass is 9.43. The Hall–Kier alpha value is -10.3. The molecule has 114 heavy (non-hydrogen) atoms. The predicted octanol–water partition coefficient (Wildman–Crippen LogP) is 14.7. The molecule has 0 aliphatic heterocycles. The molecule has 0 amide bonds. The van der Waals surface area contributed by atoms with Gasteiger partial charge in [0, 0.05) is 72.5 Å². The zero-order valence-electron chi connectivity index (χ0n) is 68.3. The lowest BCUT2D eigenvalue weighted by Crippen LogP contribution is -2.69. The summed E-state index contributed by atoms with van der Waals surface area (Å²) in [7, 11) is 0. The Bertz CT molecular complexity index is 5270. The lowest BCUT2D eigenvalue weighted by molar-refractivity contribution is -0.179. The maximum atomic E-state index is 14.4. The third kappa shape index (κ3) is 11.5. The van der Waals surface area contributed by atoms with Gasteiger partial charge in [-0.1, -0.05) is 159 Å². The van der Waals surface area contributed by atoms with Crippen LogP contribution in [0.5, 0.6) is 17.2 Å². The van der Waals surface area contributed by atoms with Gasteiger partial charge in [-0.2, -0.15) is 0 Å². The fourth-order valence-electron chi connectivity index (χ4n) is 22.7. The molecule has 3 aromatic carbocycles. The second kappa shape index (κ2) is 28.0. The number of allylic oxidation sites excluding steroid dienone is 9. The number of aliphatic hydroxyl groups excluding tert-OH is 6. The van der Waals surface area contributed by atoms with Crippen LogP contribution in [0.1, 0.15) is 220 Å². The lowest BCUT2D eigenvalue weighted by Gasteiger charge is -2.59. The molecule has 3 saturated carbocycles. The van der Waals surface area contributed by atoms with Crippen molar-refractivity contribution in [3.05, 3.63) is 174 Å². The molecule has 12 atom stereocenters. The number of aliphatic hydroxyl groups is 9. The number of fused-ring (bicyclic) bond motifs is 9. The van der Waals surface area contributed by atoms with Gasteiger partial charge in [0.1, 0.15) is 68.5 Å². The maximum Gasteiger partial charge on any atom is 0.203 e. The summed E-state index contributed by atoms with van der Waals surface area (Å²) in [6.45, 7) is 38.6. The van der Waals surface area contributed by atoms with Crippen LogP contribution in [0.2, 0.25) is 0 Å². The van der Waals surface area contributed by atoms with Crippen LogP contribution in [0.3, 0.4) is 0 Å². The first-order valence-electron chi connectivity index (χ1n) is 39.1. The molecule has 13 rings (SSSR count). The minimum Gasteiger partial charge on any atom is -0.508 e. The van der Waals surface area contributed by atoms with Gasteiger partial charge < -0.3 is 61.3 Å². The summed E-state index contributed by atoms with van der Waals surface area (Å²) < 4.78 is 0. The summed E-state index contributed by atoms with van der Waals surface area (Å²) in [5.41, 5.74) is -9.86. The van der Waals surface area contributed by atoms with Crippen molar-refractivity contribution in [1.82, 2.24) is 0 Å². The summed E-state index contributed by atoms with van der Waals surface area (Å²) in [6, 6.07) is 9.34. The van der Waals surface area contributed by atoms with Crippen LogP contribution < -0.4 is 0 Å². The summed E-state index contributed by atoms with van der Waals surface area (Å²) in [5, 5.41) is 137. The molecular formula is C93H106O21. The Labute approximate surface area is 664 Å². The molecule has 0 radical (unpaired) electrons. The topological polar surface area (TPSA) is 396 Å². The highest BCUT2D eigenvalue weighted by Crippen LogP contribution is 2.70. The van der Waals surface area contributed by atoms with Crippen LogP contribution in [-0.4, -0.2) is 130 Å². The van der Waals surface area contributed by atoms with Crippen molar-refractivity contribution < 1.29 is 104 Å². The van der Waals surface area contributed by atoms with Gasteiger partial charge in [-0.3, -0.25) is 43.2 Å². The number of phenols is 3. The first-order chi connectivity index (χ1) is 52.7. The standard InChI is InChI=1S/C34H40O7.C32H38O7.C27H28O7/c1-7-8-9-19-10-11-20(14-19)21-12-13-23(36)25-22(21)15-32(5)16-33(6)26(17(2)3)28(37)24(18(4)35)30(39)34(33,41)31(40)27(32)29(25)38;1-14(2)16(5)17(6)19-10-11-21(34)23-20(19)12-30(8)13-31(9)24(15(3)4)26(35)22(18(7)33)28(37)32(31,39)29(38)25(30)27(23)36;1-7-14-8-9-16(29)18-15(14)10-25(5)11-26(6)19(12(2)3)21(30)17(13(4)28)23(32)27(26,34)24(33)20(25)22(18)31/h10-13,17,26,36,38-39,41H,7-9,14-16H2,1-6H3;10-11,14-15,24,34,36-37,39H,5-6,12-13H2,1-4,7-9H3;1,8-9,12,19,29,31-32,34H,10-11H2,2-6H3/t26?,32-,33-,34+;24?,30-,31-,32+;19?,25-,26-,27+/m111/s1. The summed E-state index contributed by atoms with van der Waals surface area (Å²) in [4.78, 5) is 121. The van der Waals surface area contributed by atoms with Crippen molar-refractivity contribution in [2.75, 3.05) is 0 Å². The van der Waals surface area contributed by atoms with Crippen LogP contribution >= 0.6 is 0 Å². The van der Waals surface area contributed by atoms with Gasteiger partial charge in [-0.25, -0.2) is 0 Å². The molecule has 0 bridgehead atoms. The average molecular weight is 1560 g/mol. The number of rotatable bonds is 13.